The largest absolute Gasteiger partial charge is 0.455 e. The number of esters is 1. The lowest BCUT2D eigenvalue weighted by atomic mass is 9.97. The number of hydrogen-bond acceptors (Lipinski definition) is 7. The van der Waals surface area contributed by atoms with E-state index in [9.17, 15) is 9.59 Å². The van der Waals surface area contributed by atoms with E-state index in [2.05, 4.69) is 25.1 Å². The summed E-state index contributed by atoms with van der Waals surface area (Å²) in [5, 5.41) is 2.80. The molecule has 8 heteroatoms. The van der Waals surface area contributed by atoms with Crippen LogP contribution in [0, 0.1) is 5.92 Å². The molecule has 2 aromatic rings. The SMILES string of the molecule is O=C(COC(=O)C1CCN(c2ncccn2)CC1)Nc1ccc(N2CCCCC2)cc1. The van der Waals surface area contributed by atoms with Gasteiger partial charge in [-0.3, -0.25) is 9.59 Å². The van der Waals surface area contributed by atoms with E-state index >= 15 is 0 Å². The van der Waals surface area contributed by atoms with Crippen LogP contribution in [0.15, 0.2) is 42.7 Å². The quantitative estimate of drug-likeness (QED) is 0.715. The van der Waals surface area contributed by atoms with Gasteiger partial charge >= 0.3 is 5.97 Å². The molecule has 0 radical (unpaired) electrons. The minimum Gasteiger partial charge on any atom is -0.455 e. The van der Waals surface area contributed by atoms with Crippen LogP contribution in [0.2, 0.25) is 0 Å². The van der Waals surface area contributed by atoms with Crippen LogP contribution in [0.5, 0.6) is 0 Å². The van der Waals surface area contributed by atoms with E-state index in [1.807, 2.05) is 24.3 Å². The first-order chi connectivity index (χ1) is 15.2. The highest BCUT2D eigenvalue weighted by Gasteiger charge is 2.27. The number of nitrogens with zero attached hydrogens (tertiary/aromatic N) is 4. The molecule has 31 heavy (non-hydrogen) atoms. The smallest absolute Gasteiger partial charge is 0.309 e. The Labute approximate surface area is 182 Å². The van der Waals surface area contributed by atoms with E-state index in [1.165, 1.54) is 24.9 Å². The molecule has 164 valence electrons. The maximum atomic E-state index is 12.4. The number of rotatable bonds is 6. The number of piperidine rings is 2. The van der Waals surface area contributed by atoms with Gasteiger partial charge in [-0.25, -0.2) is 9.97 Å². The van der Waals surface area contributed by atoms with Crippen molar-refractivity contribution >= 4 is 29.2 Å². The number of amides is 1. The molecular formula is C23H29N5O3. The van der Waals surface area contributed by atoms with Crippen molar-refractivity contribution in [3.05, 3.63) is 42.7 Å². The normalized spacial score (nSPS) is 17.3. The lowest BCUT2D eigenvalue weighted by Crippen LogP contribution is -2.38. The van der Waals surface area contributed by atoms with Crippen molar-refractivity contribution < 1.29 is 14.3 Å². The van der Waals surface area contributed by atoms with Crippen LogP contribution < -0.4 is 15.1 Å². The average molecular weight is 424 g/mol. The zero-order valence-corrected chi connectivity index (χ0v) is 17.7. The number of anilines is 3. The zero-order chi connectivity index (χ0) is 21.5. The summed E-state index contributed by atoms with van der Waals surface area (Å²) < 4.78 is 5.27. The van der Waals surface area contributed by atoms with Gasteiger partial charge in [0.1, 0.15) is 0 Å². The van der Waals surface area contributed by atoms with Crippen LogP contribution in [0.4, 0.5) is 17.3 Å². The minimum absolute atomic E-state index is 0.198. The highest BCUT2D eigenvalue weighted by atomic mass is 16.5. The summed E-state index contributed by atoms with van der Waals surface area (Å²) in [6.07, 6.45) is 8.49. The fourth-order valence-electron chi connectivity index (χ4n) is 4.13. The third kappa shape index (κ3) is 5.71. The van der Waals surface area contributed by atoms with Crippen molar-refractivity contribution in [1.29, 1.82) is 0 Å². The Morgan fingerprint density at radius 1 is 0.935 bits per heavy atom. The van der Waals surface area contributed by atoms with E-state index in [4.69, 9.17) is 4.74 Å². The van der Waals surface area contributed by atoms with Crippen LogP contribution in [0.25, 0.3) is 0 Å². The van der Waals surface area contributed by atoms with E-state index < -0.39 is 0 Å². The lowest BCUT2D eigenvalue weighted by molar-refractivity contribution is -0.152. The Morgan fingerprint density at radius 3 is 2.29 bits per heavy atom. The zero-order valence-electron chi connectivity index (χ0n) is 17.7. The van der Waals surface area contributed by atoms with Crippen LogP contribution >= 0.6 is 0 Å². The van der Waals surface area contributed by atoms with Gasteiger partial charge in [-0.2, -0.15) is 0 Å². The van der Waals surface area contributed by atoms with Crippen LogP contribution in [-0.4, -0.2) is 54.6 Å². The Kier molecular flexibility index (Phi) is 6.96. The van der Waals surface area contributed by atoms with Gasteiger partial charge in [0, 0.05) is 49.9 Å². The van der Waals surface area contributed by atoms with Gasteiger partial charge in [0.25, 0.3) is 5.91 Å². The number of carbonyl (C=O) groups excluding carboxylic acids is 2. The maximum Gasteiger partial charge on any atom is 0.309 e. The summed E-state index contributed by atoms with van der Waals surface area (Å²) in [7, 11) is 0. The van der Waals surface area contributed by atoms with E-state index in [0.29, 0.717) is 37.6 Å². The molecule has 1 aromatic carbocycles. The molecule has 2 aliphatic heterocycles. The number of hydrogen-bond donors (Lipinski definition) is 1. The second-order valence-electron chi connectivity index (χ2n) is 8.06. The Morgan fingerprint density at radius 2 is 1.61 bits per heavy atom. The van der Waals surface area contributed by atoms with Crippen molar-refractivity contribution in [1.82, 2.24) is 9.97 Å². The highest BCUT2D eigenvalue weighted by Crippen LogP contribution is 2.23. The molecule has 0 aliphatic carbocycles. The number of aromatic nitrogens is 2. The molecule has 0 saturated carbocycles. The number of benzene rings is 1. The average Bonchev–Trinajstić information content (AvgIpc) is 2.84. The fraction of sp³-hybridized carbons (Fsp3) is 0.478. The molecule has 0 bridgehead atoms. The molecule has 0 unspecified atom stereocenters. The van der Waals surface area contributed by atoms with Crippen LogP contribution in [0.1, 0.15) is 32.1 Å². The molecule has 3 heterocycles. The van der Waals surface area contributed by atoms with Gasteiger partial charge in [0.2, 0.25) is 5.95 Å². The molecule has 4 rings (SSSR count). The molecule has 1 amide bonds. The topological polar surface area (TPSA) is 87.7 Å². The standard InChI is InChI=1S/C23H29N5O3/c29-21(26-19-5-7-20(8-6-19)27-13-2-1-3-14-27)17-31-22(30)18-9-15-28(16-10-18)23-24-11-4-12-25-23/h4-8,11-12,18H,1-3,9-10,13-17H2,(H,26,29). The second kappa shape index (κ2) is 10.2. The first-order valence-electron chi connectivity index (χ1n) is 11.0. The highest BCUT2D eigenvalue weighted by molar-refractivity contribution is 5.93. The molecule has 2 fully saturated rings. The van der Waals surface area contributed by atoms with Crippen molar-refractivity contribution in [2.24, 2.45) is 5.92 Å². The predicted octanol–water partition coefficient (Wildman–Crippen LogP) is 2.87. The predicted molar refractivity (Wildman–Crippen MR) is 119 cm³/mol. The van der Waals surface area contributed by atoms with E-state index in [0.717, 1.165) is 13.1 Å². The number of nitrogens with one attached hydrogen (secondary N) is 1. The second-order valence-corrected chi connectivity index (χ2v) is 8.06. The Bertz CT molecular complexity index is 861. The first-order valence-corrected chi connectivity index (χ1v) is 11.0. The fourth-order valence-corrected chi connectivity index (χ4v) is 4.13. The number of carbonyl (C=O) groups is 2. The summed E-state index contributed by atoms with van der Waals surface area (Å²) in [4.78, 5) is 37.5. The molecule has 1 N–H and O–H groups in total. The van der Waals surface area contributed by atoms with Gasteiger partial charge in [-0.05, 0) is 62.4 Å². The Hall–Kier alpha value is -3.16. The first kappa shape index (κ1) is 21.1. The van der Waals surface area contributed by atoms with Crippen LogP contribution in [-0.2, 0) is 14.3 Å². The molecule has 0 spiro atoms. The summed E-state index contributed by atoms with van der Waals surface area (Å²) in [5.41, 5.74) is 1.88. The van der Waals surface area contributed by atoms with E-state index in [1.54, 1.807) is 18.5 Å². The van der Waals surface area contributed by atoms with Gasteiger partial charge in [-0.1, -0.05) is 0 Å². The molecule has 2 saturated heterocycles. The van der Waals surface area contributed by atoms with E-state index in [-0.39, 0.29) is 24.4 Å². The third-order valence-corrected chi connectivity index (χ3v) is 5.88. The van der Waals surface area contributed by atoms with Gasteiger partial charge < -0.3 is 19.9 Å². The molecule has 0 atom stereocenters. The summed E-state index contributed by atoms with van der Waals surface area (Å²) >= 11 is 0. The molecule has 8 nitrogen and oxygen atoms in total. The van der Waals surface area contributed by atoms with Gasteiger partial charge in [-0.15, -0.1) is 0 Å². The van der Waals surface area contributed by atoms with Crippen molar-refractivity contribution in [2.75, 3.05) is 47.9 Å². The van der Waals surface area contributed by atoms with Crippen molar-refractivity contribution in [2.45, 2.75) is 32.1 Å². The van der Waals surface area contributed by atoms with Gasteiger partial charge in [0.15, 0.2) is 6.61 Å². The summed E-state index contributed by atoms with van der Waals surface area (Å²) in [6.45, 7) is 3.28. The minimum atomic E-state index is -0.325. The van der Waals surface area contributed by atoms with Crippen molar-refractivity contribution in [3.8, 4) is 0 Å². The Balaban J connectivity index is 1.19. The summed E-state index contributed by atoms with van der Waals surface area (Å²) in [5.74, 6) is -0.157. The molecule has 2 aliphatic rings. The lowest BCUT2D eigenvalue weighted by Gasteiger charge is -2.30. The molecule has 1 aromatic heterocycles. The summed E-state index contributed by atoms with van der Waals surface area (Å²) in [6, 6.07) is 9.62. The third-order valence-electron chi connectivity index (χ3n) is 5.88. The number of ether oxygens (including phenoxy) is 1. The molecular weight excluding hydrogens is 394 g/mol. The van der Waals surface area contributed by atoms with Gasteiger partial charge in [0.05, 0.1) is 5.92 Å². The maximum absolute atomic E-state index is 12.4. The van der Waals surface area contributed by atoms with Crippen molar-refractivity contribution in [3.63, 3.8) is 0 Å². The van der Waals surface area contributed by atoms with Crippen LogP contribution in [0.3, 0.4) is 0 Å². The monoisotopic (exact) mass is 423 g/mol.